The summed E-state index contributed by atoms with van der Waals surface area (Å²) in [6, 6.07) is 12.0. The fraction of sp³-hybridized carbons (Fsp3) is 0.238. The largest absolute Gasteiger partial charge is 0.497 e. The highest BCUT2D eigenvalue weighted by atomic mass is 16.5. The van der Waals surface area contributed by atoms with Crippen LogP contribution in [-0.4, -0.2) is 47.4 Å². The minimum Gasteiger partial charge on any atom is -0.497 e. The lowest BCUT2D eigenvalue weighted by Crippen LogP contribution is -2.29. The zero-order valence-electron chi connectivity index (χ0n) is 17.0. The van der Waals surface area contributed by atoms with Crippen LogP contribution < -0.4 is 24.8 Å². The summed E-state index contributed by atoms with van der Waals surface area (Å²) in [5, 5.41) is 9.63. The summed E-state index contributed by atoms with van der Waals surface area (Å²) in [5.41, 5.74) is 1.42. The minimum absolute atomic E-state index is 0.140. The second-order valence-electron chi connectivity index (χ2n) is 6.78. The van der Waals surface area contributed by atoms with Crippen LogP contribution in [0.2, 0.25) is 0 Å². The number of rotatable bonds is 7. The molecule has 0 saturated heterocycles. The lowest BCUT2D eigenvalue weighted by molar-refractivity contribution is -0.118. The fourth-order valence-electron chi connectivity index (χ4n) is 3.32. The molecule has 0 saturated carbocycles. The summed E-state index contributed by atoms with van der Waals surface area (Å²) < 4.78 is 17.9. The Hall–Kier alpha value is -4.08. The van der Waals surface area contributed by atoms with Crippen molar-refractivity contribution in [1.29, 1.82) is 0 Å². The van der Waals surface area contributed by atoms with Crippen LogP contribution >= 0.6 is 0 Å². The first kappa shape index (κ1) is 20.2. The van der Waals surface area contributed by atoms with E-state index in [4.69, 9.17) is 14.2 Å². The predicted molar refractivity (Wildman–Crippen MR) is 112 cm³/mol. The van der Waals surface area contributed by atoms with E-state index in [0.29, 0.717) is 28.9 Å². The van der Waals surface area contributed by atoms with E-state index in [1.54, 1.807) is 48.2 Å². The van der Waals surface area contributed by atoms with E-state index in [1.165, 1.54) is 13.4 Å². The van der Waals surface area contributed by atoms with E-state index in [2.05, 4.69) is 20.7 Å². The van der Waals surface area contributed by atoms with Crippen molar-refractivity contribution in [2.75, 3.05) is 31.5 Å². The lowest BCUT2D eigenvalue weighted by atomic mass is 10.0. The zero-order valence-corrected chi connectivity index (χ0v) is 17.0. The van der Waals surface area contributed by atoms with Gasteiger partial charge in [0.15, 0.2) is 18.1 Å². The maximum absolute atomic E-state index is 12.3. The van der Waals surface area contributed by atoms with Gasteiger partial charge < -0.3 is 19.5 Å². The average molecular weight is 423 g/mol. The molecular formula is C21H21N5O5. The Labute approximate surface area is 178 Å². The molecule has 0 spiro atoms. The molecule has 10 heteroatoms. The number of hydrogen-bond donors (Lipinski definition) is 2. The number of benzene rings is 2. The second-order valence-corrected chi connectivity index (χ2v) is 6.78. The third kappa shape index (κ3) is 4.42. The van der Waals surface area contributed by atoms with E-state index in [-0.39, 0.29) is 30.9 Å². The van der Waals surface area contributed by atoms with Crippen LogP contribution in [-0.2, 0) is 9.59 Å². The highest BCUT2D eigenvalue weighted by Crippen LogP contribution is 2.35. The minimum atomic E-state index is -0.324. The number of carbonyl (C=O) groups is 2. The monoisotopic (exact) mass is 423 g/mol. The molecule has 0 fully saturated rings. The molecule has 1 aromatic heterocycles. The summed E-state index contributed by atoms with van der Waals surface area (Å²) in [6.45, 7) is -0.202. The first-order valence-corrected chi connectivity index (χ1v) is 9.51. The molecule has 10 nitrogen and oxygen atoms in total. The molecule has 1 aliphatic rings. The van der Waals surface area contributed by atoms with Crippen molar-refractivity contribution in [3.8, 4) is 17.2 Å². The summed E-state index contributed by atoms with van der Waals surface area (Å²) in [6.07, 6.45) is 1.62. The Kier molecular flexibility index (Phi) is 5.69. The van der Waals surface area contributed by atoms with E-state index < -0.39 is 0 Å². The van der Waals surface area contributed by atoms with Gasteiger partial charge >= 0.3 is 0 Å². The van der Waals surface area contributed by atoms with Crippen molar-refractivity contribution in [1.82, 2.24) is 14.8 Å². The summed E-state index contributed by atoms with van der Waals surface area (Å²) in [7, 11) is 3.07. The van der Waals surface area contributed by atoms with Crippen molar-refractivity contribution < 1.29 is 23.8 Å². The van der Waals surface area contributed by atoms with Crippen LogP contribution in [0.3, 0.4) is 0 Å². The second kappa shape index (κ2) is 8.74. The van der Waals surface area contributed by atoms with Gasteiger partial charge in [0, 0.05) is 11.8 Å². The molecule has 1 atom stereocenters. The Morgan fingerprint density at radius 1 is 1.19 bits per heavy atom. The molecule has 0 bridgehead atoms. The highest BCUT2D eigenvalue weighted by Gasteiger charge is 2.28. The summed E-state index contributed by atoms with van der Waals surface area (Å²) in [4.78, 5) is 28.3. The van der Waals surface area contributed by atoms with Crippen molar-refractivity contribution in [3.63, 3.8) is 0 Å². The Balaban J connectivity index is 1.45. The quantitative estimate of drug-likeness (QED) is 0.599. The molecular weight excluding hydrogens is 402 g/mol. The molecule has 2 heterocycles. The van der Waals surface area contributed by atoms with Gasteiger partial charge in [-0.05, 0) is 29.8 Å². The smallest absolute Gasteiger partial charge is 0.262 e. The van der Waals surface area contributed by atoms with Gasteiger partial charge in [-0.3, -0.25) is 14.9 Å². The zero-order chi connectivity index (χ0) is 21.8. The number of ether oxygens (including phenoxy) is 3. The van der Waals surface area contributed by atoms with Crippen LogP contribution in [0.5, 0.6) is 17.2 Å². The van der Waals surface area contributed by atoms with E-state index in [0.717, 1.165) is 5.56 Å². The summed E-state index contributed by atoms with van der Waals surface area (Å²) in [5.74, 6) is 1.43. The number of aromatic nitrogens is 3. The number of carbonyl (C=O) groups excluding carboxylic acids is 2. The van der Waals surface area contributed by atoms with E-state index >= 15 is 0 Å². The van der Waals surface area contributed by atoms with E-state index in [1.807, 2.05) is 6.07 Å². The first-order valence-electron chi connectivity index (χ1n) is 9.51. The number of nitrogens with one attached hydrogen (secondary N) is 2. The third-order valence-electron chi connectivity index (χ3n) is 4.78. The number of fused-ring (bicyclic) bond motifs is 1. The standard InChI is InChI=1S/C21H21N5O5/c1-29-15-5-3-4-14(9-15)24-20(28)11-31-17-7-6-13(8-18(17)30-2)16-10-19(27)25-21-22-12-23-26(16)21/h3-9,12,16H,10-11H2,1-2H3,(H,24,28)(H,22,23,25,27)/t16-/m0/s1. The van der Waals surface area contributed by atoms with Gasteiger partial charge in [0.25, 0.3) is 5.91 Å². The normalized spacial score (nSPS) is 14.9. The van der Waals surface area contributed by atoms with Crippen LogP contribution in [0.15, 0.2) is 48.8 Å². The molecule has 31 heavy (non-hydrogen) atoms. The SMILES string of the molecule is COc1cccc(NC(=O)COc2ccc([C@@H]3CC(=O)Nc4ncnn43)cc2OC)c1. The topological polar surface area (TPSA) is 117 Å². The van der Waals surface area contributed by atoms with Crippen LogP contribution in [0.1, 0.15) is 18.0 Å². The molecule has 2 amide bonds. The molecule has 2 aromatic carbocycles. The highest BCUT2D eigenvalue weighted by molar-refractivity contribution is 5.92. The van der Waals surface area contributed by atoms with Crippen LogP contribution in [0.4, 0.5) is 11.6 Å². The van der Waals surface area contributed by atoms with Gasteiger partial charge in [-0.25, -0.2) is 4.68 Å². The number of hydrogen-bond acceptors (Lipinski definition) is 7. The summed E-state index contributed by atoms with van der Waals surface area (Å²) >= 11 is 0. The molecule has 0 radical (unpaired) electrons. The number of methoxy groups -OCH3 is 2. The van der Waals surface area contributed by atoms with Gasteiger partial charge in [-0.2, -0.15) is 10.1 Å². The first-order chi connectivity index (χ1) is 15.1. The van der Waals surface area contributed by atoms with Crippen molar-refractivity contribution >= 4 is 23.5 Å². The number of anilines is 2. The number of nitrogens with zero attached hydrogens (tertiary/aromatic N) is 3. The van der Waals surface area contributed by atoms with Crippen LogP contribution in [0, 0.1) is 0 Å². The van der Waals surface area contributed by atoms with Gasteiger partial charge in [-0.15, -0.1) is 0 Å². The fourth-order valence-corrected chi connectivity index (χ4v) is 3.32. The van der Waals surface area contributed by atoms with Gasteiger partial charge in [0.05, 0.1) is 26.7 Å². The van der Waals surface area contributed by atoms with Crippen molar-refractivity contribution in [2.45, 2.75) is 12.5 Å². The van der Waals surface area contributed by atoms with E-state index in [9.17, 15) is 9.59 Å². The predicted octanol–water partition coefficient (Wildman–Crippen LogP) is 2.24. The maximum atomic E-state index is 12.3. The molecule has 0 aliphatic carbocycles. The molecule has 0 unspecified atom stereocenters. The molecule has 2 N–H and O–H groups in total. The van der Waals surface area contributed by atoms with Gasteiger partial charge in [0.1, 0.15) is 12.1 Å². The number of amides is 2. The molecule has 160 valence electrons. The average Bonchev–Trinajstić information content (AvgIpc) is 3.25. The Bertz CT molecular complexity index is 1110. The van der Waals surface area contributed by atoms with Crippen LogP contribution in [0.25, 0.3) is 0 Å². The van der Waals surface area contributed by atoms with Crippen molar-refractivity contribution in [3.05, 3.63) is 54.4 Å². The Morgan fingerprint density at radius 2 is 2.06 bits per heavy atom. The lowest BCUT2D eigenvalue weighted by Gasteiger charge is -2.24. The maximum Gasteiger partial charge on any atom is 0.262 e. The third-order valence-corrected chi connectivity index (χ3v) is 4.78. The molecule has 3 aromatic rings. The Morgan fingerprint density at radius 3 is 2.87 bits per heavy atom. The molecule has 1 aliphatic heterocycles. The van der Waals surface area contributed by atoms with Gasteiger partial charge in [0.2, 0.25) is 11.9 Å². The van der Waals surface area contributed by atoms with Crippen molar-refractivity contribution in [2.24, 2.45) is 0 Å². The van der Waals surface area contributed by atoms with Gasteiger partial charge in [-0.1, -0.05) is 12.1 Å². The molecule has 4 rings (SSSR count).